The second-order valence-electron chi connectivity index (χ2n) is 7.67. The van der Waals surface area contributed by atoms with Crippen molar-refractivity contribution in [3.05, 3.63) is 65.2 Å². The van der Waals surface area contributed by atoms with Crippen LogP contribution in [0.2, 0.25) is 0 Å². The van der Waals surface area contributed by atoms with Crippen LogP contribution in [0.5, 0.6) is 11.5 Å². The van der Waals surface area contributed by atoms with Crippen LogP contribution in [0.3, 0.4) is 0 Å². The number of nitrogens with zero attached hydrogens (tertiary/aromatic N) is 1. The summed E-state index contributed by atoms with van der Waals surface area (Å²) in [6.45, 7) is 5.09. The maximum Gasteiger partial charge on any atom is 0.194 e. The summed E-state index contributed by atoms with van der Waals surface area (Å²) < 4.78 is 16.5. The lowest BCUT2D eigenvalue weighted by Crippen LogP contribution is -2.36. The number of carbonyl (C=O) groups excluding carboxylic acids is 2. The van der Waals surface area contributed by atoms with Crippen molar-refractivity contribution >= 4 is 17.1 Å². The normalized spacial score (nSPS) is 16.6. The van der Waals surface area contributed by atoms with Crippen molar-refractivity contribution < 1.29 is 23.8 Å². The van der Waals surface area contributed by atoms with E-state index in [4.69, 9.17) is 14.2 Å². The Morgan fingerprint density at radius 2 is 1.77 bits per heavy atom. The van der Waals surface area contributed by atoms with E-state index in [-0.39, 0.29) is 11.6 Å². The van der Waals surface area contributed by atoms with E-state index in [2.05, 4.69) is 4.90 Å². The highest BCUT2D eigenvalue weighted by Gasteiger charge is 2.29. The smallest absolute Gasteiger partial charge is 0.194 e. The largest absolute Gasteiger partial charge is 0.497 e. The molecule has 0 atom stereocenters. The molecular weight excluding hydrogens is 394 g/mol. The lowest BCUT2D eigenvalue weighted by molar-refractivity contribution is 0.0368. The number of hydrogen-bond donors (Lipinski definition) is 0. The molecule has 0 saturated carbocycles. The molecular formula is C25H27NO5. The molecule has 0 amide bonds. The first-order valence-electron chi connectivity index (χ1n) is 10.7. The van der Waals surface area contributed by atoms with Crippen LogP contribution in [-0.4, -0.2) is 63.0 Å². The van der Waals surface area contributed by atoms with Crippen molar-refractivity contribution in [2.45, 2.75) is 12.8 Å². The standard InChI is InChI=1S/C25H27NO5/c1-29-19-9-7-18(8-10-19)21-17-22(27)24-20(25(21)28)5-4-6-23(24)31-14-3-2-11-26-12-15-30-16-13-26/h4-10,17H,2-3,11-16H2,1H3. The van der Waals surface area contributed by atoms with E-state index >= 15 is 0 Å². The van der Waals surface area contributed by atoms with Crippen molar-refractivity contribution in [3.8, 4) is 11.5 Å². The Balaban J connectivity index is 1.41. The highest BCUT2D eigenvalue weighted by Crippen LogP contribution is 2.33. The third kappa shape index (κ3) is 4.86. The number of Topliss-reactive ketones (excluding diaryl/α,β-unsaturated/α-hetero) is 1. The lowest BCUT2D eigenvalue weighted by atomic mass is 9.86. The Labute approximate surface area is 182 Å². The van der Waals surface area contributed by atoms with Crippen molar-refractivity contribution in [2.24, 2.45) is 0 Å². The van der Waals surface area contributed by atoms with Crippen LogP contribution in [0.25, 0.3) is 5.57 Å². The van der Waals surface area contributed by atoms with Gasteiger partial charge >= 0.3 is 0 Å². The fourth-order valence-corrected chi connectivity index (χ4v) is 3.94. The number of unbranched alkanes of at least 4 members (excludes halogenated alkanes) is 1. The minimum absolute atomic E-state index is 0.169. The highest BCUT2D eigenvalue weighted by atomic mass is 16.5. The summed E-state index contributed by atoms with van der Waals surface area (Å²) in [5.41, 5.74) is 1.84. The van der Waals surface area contributed by atoms with E-state index in [9.17, 15) is 9.59 Å². The molecule has 0 N–H and O–H groups in total. The predicted octanol–water partition coefficient (Wildman–Crippen LogP) is 3.65. The van der Waals surface area contributed by atoms with Crippen molar-refractivity contribution in [1.29, 1.82) is 0 Å². The molecule has 1 aliphatic heterocycles. The minimum Gasteiger partial charge on any atom is -0.497 e. The van der Waals surface area contributed by atoms with Gasteiger partial charge in [-0.15, -0.1) is 0 Å². The summed E-state index contributed by atoms with van der Waals surface area (Å²) in [6, 6.07) is 12.4. The minimum atomic E-state index is -0.204. The summed E-state index contributed by atoms with van der Waals surface area (Å²) in [5.74, 6) is 0.803. The van der Waals surface area contributed by atoms with Crippen molar-refractivity contribution in [2.75, 3.05) is 46.6 Å². The Kier molecular flexibility index (Phi) is 6.79. The third-order valence-corrected chi connectivity index (χ3v) is 5.67. The molecule has 6 heteroatoms. The Bertz CT molecular complexity index is 974. The van der Waals surface area contributed by atoms with Crippen LogP contribution in [0, 0.1) is 0 Å². The molecule has 1 saturated heterocycles. The second-order valence-corrected chi connectivity index (χ2v) is 7.67. The first kappa shape index (κ1) is 21.3. The van der Waals surface area contributed by atoms with Gasteiger partial charge in [-0.3, -0.25) is 14.5 Å². The van der Waals surface area contributed by atoms with Gasteiger partial charge in [0.1, 0.15) is 11.5 Å². The molecule has 1 fully saturated rings. The Morgan fingerprint density at radius 1 is 1.00 bits per heavy atom. The molecule has 4 rings (SSSR count). The van der Waals surface area contributed by atoms with Crippen LogP contribution in [0.4, 0.5) is 0 Å². The van der Waals surface area contributed by atoms with Crippen LogP contribution in [0.15, 0.2) is 48.5 Å². The van der Waals surface area contributed by atoms with Gasteiger partial charge < -0.3 is 14.2 Å². The first-order chi connectivity index (χ1) is 15.2. The van der Waals surface area contributed by atoms with Crippen molar-refractivity contribution in [1.82, 2.24) is 4.90 Å². The average Bonchev–Trinajstić information content (AvgIpc) is 2.82. The van der Waals surface area contributed by atoms with E-state index < -0.39 is 0 Å². The van der Waals surface area contributed by atoms with E-state index in [0.29, 0.717) is 40.4 Å². The molecule has 0 unspecified atom stereocenters. The van der Waals surface area contributed by atoms with Crippen LogP contribution < -0.4 is 9.47 Å². The molecule has 1 aliphatic carbocycles. The summed E-state index contributed by atoms with van der Waals surface area (Å²) in [7, 11) is 1.59. The zero-order valence-electron chi connectivity index (χ0n) is 17.8. The Hall–Kier alpha value is -2.96. The maximum absolute atomic E-state index is 13.1. The number of ether oxygens (including phenoxy) is 3. The number of ketones is 2. The second kappa shape index (κ2) is 9.90. The summed E-state index contributed by atoms with van der Waals surface area (Å²) in [6.07, 6.45) is 3.32. The number of rotatable bonds is 8. The zero-order valence-corrected chi connectivity index (χ0v) is 17.8. The number of hydrogen-bond acceptors (Lipinski definition) is 6. The molecule has 162 valence electrons. The number of fused-ring (bicyclic) bond motifs is 1. The number of carbonyl (C=O) groups is 2. The SMILES string of the molecule is COc1ccc(C2=CC(=O)c3c(OCCCCN4CCOCC4)cccc3C2=O)cc1. The van der Waals surface area contributed by atoms with E-state index in [1.165, 1.54) is 6.08 Å². The highest BCUT2D eigenvalue weighted by molar-refractivity contribution is 6.39. The topological polar surface area (TPSA) is 65.1 Å². The van der Waals surface area contributed by atoms with Gasteiger partial charge in [-0.05, 0) is 49.2 Å². The summed E-state index contributed by atoms with van der Waals surface area (Å²) in [5, 5.41) is 0. The summed E-state index contributed by atoms with van der Waals surface area (Å²) >= 11 is 0. The number of morpholine rings is 1. The van der Waals surface area contributed by atoms with E-state index in [1.807, 2.05) is 0 Å². The number of benzene rings is 2. The van der Waals surface area contributed by atoms with Gasteiger partial charge in [0.25, 0.3) is 0 Å². The molecule has 2 aliphatic rings. The molecule has 0 radical (unpaired) electrons. The molecule has 31 heavy (non-hydrogen) atoms. The van der Waals surface area contributed by atoms with E-state index in [0.717, 1.165) is 45.7 Å². The van der Waals surface area contributed by atoms with Gasteiger partial charge in [-0.1, -0.05) is 24.3 Å². The quantitative estimate of drug-likeness (QED) is 0.607. The van der Waals surface area contributed by atoms with Gasteiger partial charge in [0, 0.05) is 24.2 Å². The molecule has 0 aromatic heterocycles. The van der Waals surface area contributed by atoms with Crippen LogP contribution in [-0.2, 0) is 4.74 Å². The van der Waals surface area contributed by atoms with Gasteiger partial charge in [-0.2, -0.15) is 0 Å². The van der Waals surface area contributed by atoms with Gasteiger partial charge in [0.05, 0.1) is 32.5 Å². The van der Waals surface area contributed by atoms with Gasteiger partial charge in [-0.25, -0.2) is 0 Å². The monoisotopic (exact) mass is 421 g/mol. The van der Waals surface area contributed by atoms with Crippen LogP contribution >= 0.6 is 0 Å². The molecule has 6 nitrogen and oxygen atoms in total. The van der Waals surface area contributed by atoms with Gasteiger partial charge in [0.15, 0.2) is 11.6 Å². The fourth-order valence-electron chi connectivity index (χ4n) is 3.94. The fraction of sp³-hybridized carbons (Fsp3) is 0.360. The zero-order chi connectivity index (χ0) is 21.6. The Morgan fingerprint density at radius 3 is 2.52 bits per heavy atom. The first-order valence-corrected chi connectivity index (χ1v) is 10.7. The summed E-state index contributed by atoms with van der Waals surface area (Å²) in [4.78, 5) is 28.4. The van der Waals surface area contributed by atoms with E-state index in [1.54, 1.807) is 49.6 Å². The van der Waals surface area contributed by atoms with Crippen LogP contribution in [0.1, 0.15) is 39.1 Å². The number of allylic oxidation sites excluding steroid dienone is 2. The molecule has 0 bridgehead atoms. The molecule has 1 heterocycles. The third-order valence-electron chi connectivity index (χ3n) is 5.67. The molecule has 2 aromatic rings. The average molecular weight is 421 g/mol. The van der Waals surface area contributed by atoms with Crippen molar-refractivity contribution in [3.63, 3.8) is 0 Å². The molecule has 0 spiro atoms. The lowest BCUT2D eigenvalue weighted by Gasteiger charge is -2.26. The number of methoxy groups -OCH3 is 1. The maximum atomic E-state index is 13.1. The predicted molar refractivity (Wildman–Crippen MR) is 118 cm³/mol. The van der Waals surface area contributed by atoms with Gasteiger partial charge in [0.2, 0.25) is 0 Å². The molecule has 2 aromatic carbocycles.